The Kier molecular flexibility index (Phi) is 3.91. The van der Waals surface area contributed by atoms with Gasteiger partial charge in [0.25, 0.3) is 11.6 Å². The third-order valence-corrected chi connectivity index (χ3v) is 2.58. The van der Waals surface area contributed by atoms with Gasteiger partial charge in [0.15, 0.2) is 5.75 Å². The van der Waals surface area contributed by atoms with Gasteiger partial charge in [0.2, 0.25) is 0 Å². The molecule has 0 saturated carbocycles. The van der Waals surface area contributed by atoms with Gasteiger partial charge in [-0.1, -0.05) is 11.6 Å². The van der Waals surface area contributed by atoms with Crippen LogP contribution in [0.1, 0.15) is 5.56 Å². The lowest BCUT2D eigenvalue weighted by atomic mass is 10.2. The number of rotatable bonds is 4. The van der Waals surface area contributed by atoms with Gasteiger partial charge < -0.3 is 4.74 Å². The number of hydrogen-bond donors (Lipinski definition) is 0. The third-order valence-electron chi connectivity index (χ3n) is 2.35. The van der Waals surface area contributed by atoms with Gasteiger partial charge in [0.05, 0.1) is 10.5 Å². The van der Waals surface area contributed by atoms with Crippen molar-refractivity contribution in [3.8, 4) is 5.75 Å². The molecular weight excluding hydrogens is 275 g/mol. The van der Waals surface area contributed by atoms with Gasteiger partial charge in [-0.3, -0.25) is 10.1 Å². The van der Waals surface area contributed by atoms with Crippen LogP contribution in [0.3, 0.4) is 0 Å². The lowest BCUT2D eigenvalue weighted by Gasteiger charge is -2.07. The molecule has 0 saturated heterocycles. The molecule has 1 aromatic carbocycles. The molecule has 5 nitrogen and oxygen atoms in total. The number of nitro groups is 1. The Bertz CT molecular complexity index is 622. The van der Waals surface area contributed by atoms with Crippen molar-refractivity contribution in [2.75, 3.05) is 0 Å². The number of halogens is 2. The van der Waals surface area contributed by atoms with Crippen LogP contribution in [0.4, 0.5) is 10.1 Å². The predicted molar refractivity (Wildman–Crippen MR) is 66.6 cm³/mol. The maximum atomic E-state index is 13.2. The minimum Gasteiger partial charge on any atom is -0.484 e. The fourth-order valence-corrected chi connectivity index (χ4v) is 1.68. The van der Waals surface area contributed by atoms with Crippen molar-refractivity contribution >= 4 is 17.3 Å². The molecule has 0 bridgehead atoms. The molecule has 0 aliphatic rings. The van der Waals surface area contributed by atoms with E-state index in [0.717, 1.165) is 0 Å². The molecule has 1 aromatic heterocycles. The van der Waals surface area contributed by atoms with E-state index in [0.29, 0.717) is 5.02 Å². The Morgan fingerprint density at radius 2 is 2.21 bits per heavy atom. The number of nitro benzene ring substituents is 1. The van der Waals surface area contributed by atoms with Gasteiger partial charge in [0.1, 0.15) is 6.61 Å². The van der Waals surface area contributed by atoms with Crippen molar-refractivity contribution in [3.05, 3.63) is 63.2 Å². The zero-order chi connectivity index (χ0) is 13.8. The molecule has 0 aliphatic heterocycles. The van der Waals surface area contributed by atoms with Crippen LogP contribution in [0, 0.1) is 16.1 Å². The Labute approximate surface area is 112 Å². The zero-order valence-corrected chi connectivity index (χ0v) is 10.3. The number of pyridine rings is 1. The Morgan fingerprint density at radius 3 is 2.89 bits per heavy atom. The molecule has 0 radical (unpaired) electrons. The van der Waals surface area contributed by atoms with E-state index in [1.165, 1.54) is 36.5 Å². The normalized spacial score (nSPS) is 10.2. The van der Waals surface area contributed by atoms with E-state index in [1.807, 2.05) is 0 Å². The molecule has 0 fully saturated rings. The number of benzene rings is 1. The van der Waals surface area contributed by atoms with Crippen LogP contribution < -0.4 is 4.74 Å². The molecule has 7 heteroatoms. The average Bonchev–Trinajstić information content (AvgIpc) is 2.37. The standard InChI is InChI=1S/C12H8ClFN2O3/c13-9-3-4-10(16(17)18)8(6-9)7-19-11-2-1-5-15-12(11)14/h1-6H,7H2. The molecule has 2 aromatic rings. The number of ether oxygens (including phenoxy) is 1. The molecule has 0 aliphatic carbocycles. The highest BCUT2D eigenvalue weighted by molar-refractivity contribution is 6.30. The van der Waals surface area contributed by atoms with Gasteiger partial charge in [-0.05, 0) is 24.3 Å². The number of aromatic nitrogens is 1. The van der Waals surface area contributed by atoms with E-state index >= 15 is 0 Å². The highest BCUT2D eigenvalue weighted by Gasteiger charge is 2.15. The van der Waals surface area contributed by atoms with Crippen molar-refractivity contribution in [1.82, 2.24) is 4.98 Å². The molecule has 0 spiro atoms. The van der Waals surface area contributed by atoms with Crippen molar-refractivity contribution < 1.29 is 14.1 Å². The van der Waals surface area contributed by atoms with Crippen molar-refractivity contribution in [2.24, 2.45) is 0 Å². The van der Waals surface area contributed by atoms with Crippen LogP contribution in [0.5, 0.6) is 5.75 Å². The first-order chi connectivity index (χ1) is 9.08. The first-order valence-corrected chi connectivity index (χ1v) is 5.62. The van der Waals surface area contributed by atoms with E-state index in [1.54, 1.807) is 0 Å². The third kappa shape index (κ3) is 3.17. The van der Waals surface area contributed by atoms with E-state index < -0.39 is 10.9 Å². The van der Waals surface area contributed by atoms with Crippen molar-refractivity contribution in [3.63, 3.8) is 0 Å². The van der Waals surface area contributed by atoms with Gasteiger partial charge in [0, 0.05) is 17.3 Å². The summed E-state index contributed by atoms with van der Waals surface area (Å²) in [6.07, 6.45) is 1.28. The van der Waals surface area contributed by atoms with Crippen molar-refractivity contribution in [1.29, 1.82) is 0 Å². The van der Waals surface area contributed by atoms with Gasteiger partial charge >= 0.3 is 0 Å². The lowest BCUT2D eigenvalue weighted by molar-refractivity contribution is -0.385. The second-order valence-corrected chi connectivity index (χ2v) is 4.05. The maximum absolute atomic E-state index is 13.2. The van der Waals surface area contributed by atoms with E-state index in [4.69, 9.17) is 16.3 Å². The van der Waals surface area contributed by atoms with E-state index in [2.05, 4.69) is 4.98 Å². The largest absolute Gasteiger partial charge is 0.484 e. The van der Waals surface area contributed by atoms with Gasteiger partial charge in [-0.15, -0.1) is 0 Å². The van der Waals surface area contributed by atoms with Crippen LogP contribution >= 0.6 is 11.6 Å². The summed E-state index contributed by atoms with van der Waals surface area (Å²) in [5.74, 6) is -0.844. The first-order valence-electron chi connectivity index (χ1n) is 5.24. The Morgan fingerprint density at radius 1 is 1.42 bits per heavy atom. The van der Waals surface area contributed by atoms with Crippen LogP contribution in [0.15, 0.2) is 36.5 Å². The molecule has 2 rings (SSSR count). The minimum absolute atomic E-state index is 0.0724. The molecule has 0 unspecified atom stereocenters. The second-order valence-electron chi connectivity index (χ2n) is 3.61. The van der Waals surface area contributed by atoms with Gasteiger partial charge in [-0.25, -0.2) is 4.98 Å². The summed E-state index contributed by atoms with van der Waals surface area (Å²) >= 11 is 5.77. The van der Waals surface area contributed by atoms with Crippen LogP contribution in [0.2, 0.25) is 5.02 Å². The van der Waals surface area contributed by atoms with E-state index in [-0.39, 0.29) is 23.6 Å². The summed E-state index contributed by atoms with van der Waals surface area (Å²) in [6, 6.07) is 6.99. The monoisotopic (exact) mass is 282 g/mol. The summed E-state index contributed by atoms with van der Waals surface area (Å²) < 4.78 is 18.4. The summed E-state index contributed by atoms with van der Waals surface area (Å²) in [5.41, 5.74) is 0.134. The fourth-order valence-electron chi connectivity index (χ4n) is 1.48. The minimum atomic E-state index is -0.771. The molecule has 0 N–H and O–H groups in total. The molecule has 1 heterocycles. The SMILES string of the molecule is O=[N+]([O-])c1ccc(Cl)cc1COc1cccnc1F. The quantitative estimate of drug-likeness (QED) is 0.490. The fraction of sp³-hybridized carbons (Fsp3) is 0.0833. The summed E-state index contributed by atoms with van der Waals surface area (Å²) in [7, 11) is 0. The number of nitrogens with zero attached hydrogens (tertiary/aromatic N) is 2. The van der Waals surface area contributed by atoms with E-state index in [9.17, 15) is 14.5 Å². The summed E-state index contributed by atoms with van der Waals surface area (Å²) in [4.78, 5) is 13.7. The molecule has 0 amide bonds. The molecule has 19 heavy (non-hydrogen) atoms. The second kappa shape index (κ2) is 5.62. The van der Waals surface area contributed by atoms with Crippen molar-refractivity contribution in [2.45, 2.75) is 6.61 Å². The topological polar surface area (TPSA) is 65.3 Å². The summed E-state index contributed by atoms with van der Waals surface area (Å²) in [5, 5.41) is 11.2. The average molecular weight is 283 g/mol. The first kappa shape index (κ1) is 13.2. The predicted octanol–water partition coefficient (Wildman–Crippen LogP) is 3.36. The molecule has 98 valence electrons. The van der Waals surface area contributed by atoms with Crippen LogP contribution in [0.25, 0.3) is 0 Å². The molecular formula is C12H8ClFN2O3. The van der Waals surface area contributed by atoms with Crippen LogP contribution in [-0.2, 0) is 6.61 Å². The maximum Gasteiger partial charge on any atom is 0.276 e. The lowest BCUT2D eigenvalue weighted by Crippen LogP contribution is -2.02. The highest BCUT2D eigenvalue weighted by atomic mass is 35.5. The Balaban J connectivity index is 2.22. The smallest absolute Gasteiger partial charge is 0.276 e. The molecule has 0 atom stereocenters. The summed E-state index contributed by atoms with van der Waals surface area (Å²) in [6.45, 7) is -0.167. The zero-order valence-electron chi connectivity index (χ0n) is 9.55. The Hall–Kier alpha value is -2.21. The van der Waals surface area contributed by atoms with Crippen LogP contribution in [-0.4, -0.2) is 9.91 Å². The van der Waals surface area contributed by atoms with Gasteiger partial charge in [-0.2, -0.15) is 4.39 Å². The number of hydrogen-bond acceptors (Lipinski definition) is 4. The highest BCUT2D eigenvalue weighted by Crippen LogP contribution is 2.24.